The van der Waals surface area contributed by atoms with Crippen LogP contribution < -0.4 is 0 Å². The maximum atomic E-state index is 11.2. The Morgan fingerprint density at radius 1 is 1.53 bits per heavy atom. The highest BCUT2D eigenvalue weighted by molar-refractivity contribution is 7.08. The monoisotopic (exact) mass is 222 g/mol. The first kappa shape index (κ1) is 10.1. The van der Waals surface area contributed by atoms with Crippen LogP contribution in [0.25, 0.3) is 0 Å². The molecule has 0 spiro atoms. The number of ketones is 1. The van der Waals surface area contributed by atoms with Crippen molar-refractivity contribution in [2.24, 2.45) is 0 Å². The zero-order valence-corrected chi connectivity index (χ0v) is 8.79. The molecule has 0 bridgehead atoms. The zero-order valence-electron chi connectivity index (χ0n) is 7.97. The quantitative estimate of drug-likeness (QED) is 0.834. The van der Waals surface area contributed by atoms with Crippen LogP contribution in [0, 0.1) is 0 Å². The van der Waals surface area contributed by atoms with Crippen LogP contribution in [-0.4, -0.2) is 16.9 Å². The molecule has 1 aliphatic carbocycles. The Morgan fingerprint density at radius 2 is 2.33 bits per heavy atom. The maximum Gasteiger partial charge on any atom is 0.332 e. The summed E-state index contributed by atoms with van der Waals surface area (Å²) in [6.07, 6.45) is 2.32. The van der Waals surface area contributed by atoms with Gasteiger partial charge in [-0.2, -0.15) is 11.3 Å². The Labute approximate surface area is 91.0 Å². The zero-order chi connectivity index (χ0) is 10.8. The molecule has 1 heterocycles. The normalized spacial score (nSPS) is 21.2. The molecule has 2 rings (SSSR count). The van der Waals surface area contributed by atoms with Gasteiger partial charge >= 0.3 is 5.97 Å². The summed E-state index contributed by atoms with van der Waals surface area (Å²) in [5.74, 6) is -1.19. The van der Waals surface area contributed by atoms with Crippen LogP contribution in [0.15, 0.2) is 28.5 Å². The van der Waals surface area contributed by atoms with Crippen LogP contribution in [0.5, 0.6) is 0 Å². The molecule has 1 atom stereocenters. The molecule has 1 aromatic rings. The van der Waals surface area contributed by atoms with Crippen LogP contribution in [0.4, 0.5) is 0 Å². The van der Waals surface area contributed by atoms with E-state index in [9.17, 15) is 9.59 Å². The van der Waals surface area contributed by atoms with Crippen molar-refractivity contribution in [2.45, 2.75) is 18.8 Å². The molecule has 0 saturated heterocycles. The molecular weight excluding hydrogens is 212 g/mol. The first-order chi connectivity index (χ1) is 7.18. The van der Waals surface area contributed by atoms with Gasteiger partial charge in [0, 0.05) is 17.9 Å². The van der Waals surface area contributed by atoms with Gasteiger partial charge in [-0.1, -0.05) is 0 Å². The van der Waals surface area contributed by atoms with Gasteiger partial charge in [-0.05, 0) is 34.9 Å². The van der Waals surface area contributed by atoms with Crippen molar-refractivity contribution in [3.63, 3.8) is 0 Å². The van der Waals surface area contributed by atoms with Crippen molar-refractivity contribution in [3.8, 4) is 0 Å². The smallest absolute Gasteiger partial charge is 0.332 e. The topological polar surface area (TPSA) is 54.4 Å². The third-order valence-corrected chi connectivity index (χ3v) is 3.27. The maximum absolute atomic E-state index is 11.2. The summed E-state index contributed by atoms with van der Waals surface area (Å²) < 4.78 is 0. The lowest BCUT2D eigenvalue weighted by atomic mass is 9.83. The lowest BCUT2D eigenvalue weighted by molar-refractivity contribution is -0.133. The summed E-state index contributed by atoms with van der Waals surface area (Å²) in [5.41, 5.74) is 1.23. The highest BCUT2D eigenvalue weighted by Crippen LogP contribution is 2.33. The van der Waals surface area contributed by atoms with Crippen LogP contribution >= 0.6 is 11.3 Å². The first-order valence-corrected chi connectivity index (χ1v) is 5.62. The van der Waals surface area contributed by atoms with Gasteiger partial charge in [-0.25, -0.2) is 4.79 Å². The SMILES string of the molecule is O=C1C=C(C(=O)O)[C@@H](c2ccsc2)CC1. The molecule has 0 radical (unpaired) electrons. The second-order valence-electron chi connectivity index (χ2n) is 3.52. The molecular formula is C11H10O3S. The number of carbonyl (C=O) groups excluding carboxylic acids is 1. The molecule has 4 heteroatoms. The summed E-state index contributed by atoms with van der Waals surface area (Å²) >= 11 is 1.54. The van der Waals surface area contributed by atoms with Gasteiger partial charge in [0.25, 0.3) is 0 Å². The van der Waals surface area contributed by atoms with E-state index in [4.69, 9.17) is 5.11 Å². The van der Waals surface area contributed by atoms with Crippen molar-refractivity contribution >= 4 is 23.1 Å². The summed E-state index contributed by atoms with van der Waals surface area (Å²) in [6, 6.07) is 1.92. The molecule has 0 saturated carbocycles. The van der Waals surface area contributed by atoms with Crippen LogP contribution in [0.1, 0.15) is 24.3 Å². The van der Waals surface area contributed by atoms with E-state index in [0.717, 1.165) is 5.56 Å². The lowest BCUT2D eigenvalue weighted by Gasteiger charge is -2.19. The molecule has 3 nitrogen and oxygen atoms in total. The van der Waals surface area contributed by atoms with Gasteiger partial charge in [-0.3, -0.25) is 4.79 Å². The second kappa shape index (κ2) is 3.98. The number of carboxylic acid groups (broad SMARTS) is 1. The fourth-order valence-electron chi connectivity index (χ4n) is 1.82. The number of aliphatic carboxylic acids is 1. The molecule has 0 fully saturated rings. The molecule has 0 aliphatic heterocycles. The molecule has 78 valence electrons. The predicted octanol–water partition coefficient (Wildman–Crippen LogP) is 2.21. The average molecular weight is 222 g/mol. The number of hydrogen-bond donors (Lipinski definition) is 1. The van der Waals surface area contributed by atoms with Gasteiger partial charge < -0.3 is 5.11 Å². The van der Waals surface area contributed by atoms with E-state index in [0.29, 0.717) is 12.8 Å². The fourth-order valence-corrected chi connectivity index (χ4v) is 2.53. The molecule has 0 aromatic carbocycles. The number of hydrogen-bond acceptors (Lipinski definition) is 3. The first-order valence-electron chi connectivity index (χ1n) is 4.68. The Balaban J connectivity index is 2.36. The van der Waals surface area contributed by atoms with Crippen molar-refractivity contribution in [2.75, 3.05) is 0 Å². The number of carbonyl (C=O) groups is 2. The fraction of sp³-hybridized carbons (Fsp3) is 0.273. The van der Waals surface area contributed by atoms with Crippen molar-refractivity contribution < 1.29 is 14.7 Å². The van der Waals surface area contributed by atoms with Gasteiger partial charge in [0.1, 0.15) is 0 Å². The second-order valence-corrected chi connectivity index (χ2v) is 4.30. The summed E-state index contributed by atoms with van der Waals surface area (Å²) in [5, 5.41) is 12.9. The van der Waals surface area contributed by atoms with Gasteiger partial charge in [0.2, 0.25) is 0 Å². The minimum atomic E-state index is -0.987. The predicted molar refractivity (Wildman–Crippen MR) is 57.0 cm³/mol. The Bertz CT molecular complexity index is 417. The molecule has 1 N–H and O–H groups in total. The number of allylic oxidation sites excluding steroid dienone is 1. The van der Waals surface area contributed by atoms with E-state index in [2.05, 4.69) is 0 Å². The van der Waals surface area contributed by atoms with Crippen molar-refractivity contribution in [1.29, 1.82) is 0 Å². The number of rotatable bonds is 2. The Kier molecular flexibility index (Phi) is 2.68. The average Bonchev–Trinajstić information content (AvgIpc) is 2.70. The Morgan fingerprint density at radius 3 is 2.93 bits per heavy atom. The molecule has 0 amide bonds. The minimum Gasteiger partial charge on any atom is -0.478 e. The highest BCUT2D eigenvalue weighted by Gasteiger charge is 2.27. The van der Waals surface area contributed by atoms with E-state index in [-0.39, 0.29) is 17.3 Å². The molecule has 15 heavy (non-hydrogen) atoms. The van der Waals surface area contributed by atoms with Crippen LogP contribution in [-0.2, 0) is 9.59 Å². The van der Waals surface area contributed by atoms with E-state index < -0.39 is 5.97 Å². The third-order valence-electron chi connectivity index (χ3n) is 2.56. The summed E-state index contributed by atoms with van der Waals surface area (Å²) in [7, 11) is 0. The van der Waals surface area contributed by atoms with Crippen molar-refractivity contribution in [3.05, 3.63) is 34.0 Å². The molecule has 0 unspecified atom stereocenters. The van der Waals surface area contributed by atoms with Crippen LogP contribution in [0.3, 0.4) is 0 Å². The van der Waals surface area contributed by atoms with E-state index >= 15 is 0 Å². The summed E-state index contributed by atoms with van der Waals surface area (Å²) in [6.45, 7) is 0. The summed E-state index contributed by atoms with van der Waals surface area (Å²) in [4.78, 5) is 22.1. The minimum absolute atomic E-state index is 0.0844. The molecule has 1 aromatic heterocycles. The lowest BCUT2D eigenvalue weighted by Crippen LogP contribution is -2.18. The third kappa shape index (κ3) is 1.99. The van der Waals surface area contributed by atoms with E-state index in [1.165, 1.54) is 6.08 Å². The van der Waals surface area contributed by atoms with Gasteiger partial charge in [0.05, 0.1) is 0 Å². The van der Waals surface area contributed by atoms with Gasteiger partial charge in [0.15, 0.2) is 5.78 Å². The van der Waals surface area contributed by atoms with Gasteiger partial charge in [-0.15, -0.1) is 0 Å². The van der Waals surface area contributed by atoms with Crippen LogP contribution in [0.2, 0.25) is 0 Å². The van der Waals surface area contributed by atoms with E-state index in [1.807, 2.05) is 16.8 Å². The highest BCUT2D eigenvalue weighted by atomic mass is 32.1. The number of carboxylic acids is 1. The standard InChI is InChI=1S/C11H10O3S/c12-8-1-2-9(7-3-4-15-6-7)10(5-8)11(13)14/h3-6,9H,1-2H2,(H,13,14)/t9-/m1/s1. The van der Waals surface area contributed by atoms with Crippen molar-refractivity contribution in [1.82, 2.24) is 0 Å². The Hall–Kier alpha value is -1.42. The molecule has 1 aliphatic rings. The number of thiophene rings is 1. The largest absolute Gasteiger partial charge is 0.478 e. The van der Waals surface area contributed by atoms with E-state index in [1.54, 1.807) is 11.3 Å².